The van der Waals surface area contributed by atoms with Crippen molar-refractivity contribution in [3.8, 4) is 5.75 Å². The highest BCUT2D eigenvalue weighted by molar-refractivity contribution is 5.69. The van der Waals surface area contributed by atoms with Crippen LogP contribution in [0.25, 0.3) is 0 Å². The van der Waals surface area contributed by atoms with Crippen LogP contribution in [0.1, 0.15) is 68.1 Å². The quantitative estimate of drug-likeness (QED) is 0.313. The van der Waals surface area contributed by atoms with Gasteiger partial charge in [-0.2, -0.15) is 0 Å². The highest BCUT2D eigenvalue weighted by atomic mass is 16.8. The van der Waals surface area contributed by atoms with Crippen LogP contribution in [0.5, 0.6) is 5.75 Å². The van der Waals surface area contributed by atoms with Crippen molar-refractivity contribution in [2.45, 2.75) is 75.9 Å². The second kappa shape index (κ2) is 10.9. The van der Waals surface area contributed by atoms with E-state index in [1.54, 1.807) is 0 Å². The first-order valence-electron chi connectivity index (χ1n) is 14.2. The van der Waals surface area contributed by atoms with Gasteiger partial charge in [0.15, 0.2) is 0 Å². The van der Waals surface area contributed by atoms with Crippen molar-refractivity contribution in [1.29, 1.82) is 0 Å². The van der Waals surface area contributed by atoms with E-state index in [-0.39, 0.29) is 24.3 Å². The molecule has 1 amide bonds. The lowest BCUT2D eigenvalue weighted by Gasteiger charge is -2.58. The summed E-state index contributed by atoms with van der Waals surface area (Å²) in [4.78, 5) is 27.1. The lowest BCUT2D eigenvalue weighted by molar-refractivity contribution is -0.0150. The number of hydrogen-bond acceptors (Lipinski definition) is 6. The molecule has 0 N–H and O–H groups in total. The molecular formula is C31H37NO6. The van der Waals surface area contributed by atoms with E-state index in [0.717, 1.165) is 44.1 Å². The minimum Gasteiger partial charge on any atom is -0.457 e. The standard InChI is InChI=1S/C31H37NO6/c33-29(35-19-22-7-2-1-3-8-22)32-16-15-31-14-5-4-11-26(31)28(32)17-24-12-13-25(18-27(24)31)37-21-38-30(34)36-20-23-9-6-10-23/h1-3,7-8,12-13,18,23,26,28H,4-6,9-11,14-17,19-21H2/t26-,28+,31+/m1/s1. The number of carbonyl (C=O) groups excluding carboxylic acids is 2. The van der Waals surface area contributed by atoms with E-state index in [4.69, 9.17) is 18.9 Å². The fourth-order valence-electron chi connectivity index (χ4n) is 7.14. The molecule has 3 fully saturated rings. The maximum atomic E-state index is 13.2. The molecule has 0 radical (unpaired) electrons. The van der Waals surface area contributed by atoms with E-state index in [9.17, 15) is 9.59 Å². The molecule has 202 valence electrons. The smallest absolute Gasteiger partial charge is 0.457 e. The van der Waals surface area contributed by atoms with Gasteiger partial charge in [-0.3, -0.25) is 0 Å². The Hall–Kier alpha value is -3.22. The van der Waals surface area contributed by atoms with Gasteiger partial charge in [-0.25, -0.2) is 9.59 Å². The summed E-state index contributed by atoms with van der Waals surface area (Å²) < 4.78 is 21.9. The highest BCUT2D eigenvalue weighted by Gasteiger charge is 2.55. The molecule has 0 aromatic heterocycles. The summed E-state index contributed by atoms with van der Waals surface area (Å²) >= 11 is 0. The maximum Gasteiger partial charge on any atom is 0.511 e. The zero-order chi connectivity index (χ0) is 26.0. The molecule has 7 heteroatoms. The Labute approximate surface area is 224 Å². The van der Waals surface area contributed by atoms with Crippen LogP contribution in [0.2, 0.25) is 0 Å². The van der Waals surface area contributed by atoms with Gasteiger partial charge in [0.05, 0.1) is 6.61 Å². The van der Waals surface area contributed by atoms with Gasteiger partial charge >= 0.3 is 12.2 Å². The molecule has 38 heavy (non-hydrogen) atoms. The predicted molar refractivity (Wildman–Crippen MR) is 141 cm³/mol. The van der Waals surface area contributed by atoms with Crippen LogP contribution in [0.15, 0.2) is 48.5 Å². The van der Waals surface area contributed by atoms with Crippen LogP contribution in [0.3, 0.4) is 0 Å². The van der Waals surface area contributed by atoms with E-state index < -0.39 is 6.16 Å². The fraction of sp³-hybridized carbons (Fsp3) is 0.548. The van der Waals surface area contributed by atoms with Crippen molar-refractivity contribution >= 4 is 12.2 Å². The largest absolute Gasteiger partial charge is 0.511 e. The zero-order valence-corrected chi connectivity index (χ0v) is 21.9. The summed E-state index contributed by atoms with van der Waals surface area (Å²) in [5.74, 6) is 1.60. The first-order chi connectivity index (χ1) is 18.6. The summed E-state index contributed by atoms with van der Waals surface area (Å²) in [5.41, 5.74) is 3.68. The number of hydrogen-bond donors (Lipinski definition) is 0. The Morgan fingerprint density at radius 1 is 0.921 bits per heavy atom. The number of carbonyl (C=O) groups is 2. The first kappa shape index (κ1) is 25.1. The Balaban J connectivity index is 1.12. The molecule has 6 rings (SSSR count). The second-order valence-corrected chi connectivity index (χ2v) is 11.3. The molecule has 3 aliphatic carbocycles. The molecule has 3 atom stereocenters. The topological polar surface area (TPSA) is 74.3 Å². The monoisotopic (exact) mass is 519 g/mol. The molecular weight excluding hydrogens is 482 g/mol. The molecule has 0 spiro atoms. The average Bonchev–Trinajstić information content (AvgIpc) is 2.92. The number of fused-ring (bicyclic) bond motifs is 1. The van der Waals surface area contributed by atoms with Gasteiger partial charge in [0, 0.05) is 18.0 Å². The van der Waals surface area contributed by atoms with Gasteiger partial charge in [0.1, 0.15) is 12.4 Å². The third-order valence-corrected chi connectivity index (χ3v) is 9.31. The molecule has 2 aromatic carbocycles. The van der Waals surface area contributed by atoms with Crippen LogP contribution >= 0.6 is 0 Å². The van der Waals surface area contributed by atoms with Crippen molar-refractivity contribution in [1.82, 2.24) is 4.90 Å². The lowest BCUT2D eigenvalue weighted by atomic mass is 9.52. The van der Waals surface area contributed by atoms with E-state index in [1.807, 2.05) is 41.3 Å². The number of likely N-dealkylation sites (tertiary alicyclic amines) is 1. The van der Waals surface area contributed by atoms with Crippen LogP contribution in [-0.4, -0.2) is 43.1 Å². The van der Waals surface area contributed by atoms with Crippen molar-refractivity contribution in [2.24, 2.45) is 11.8 Å². The highest BCUT2D eigenvalue weighted by Crippen LogP contribution is 2.56. The Morgan fingerprint density at radius 3 is 2.61 bits per heavy atom. The van der Waals surface area contributed by atoms with Gasteiger partial charge in [-0.15, -0.1) is 0 Å². The minimum absolute atomic E-state index is 0.0502. The minimum atomic E-state index is -0.671. The van der Waals surface area contributed by atoms with Crippen LogP contribution in [-0.2, 0) is 32.7 Å². The summed E-state index contributed by atoms with van der Waals surface area (Å²) in [5, 5.41) is 0. The number of ether oxygens (including phenoxy) is 4. The SMILES string of the molecule is O=C(OCOc1ccc2c(c1)[C@]13CCCC[C@@H]1[C@H](C2)N(C(=O)OCc1ccccc1)CC3)OCC1CCC1. The van der Waals surface area contributed by atoms with Gasteiger partial charge < -0.3 is 23.8 Å². The summed E-state index contributed by atoms with van der Waals surface area (Å²) in [7, 11) is 0. The average molecular weight is 520 g/mol. The van der Waals surface area contributed by atoms with Crippen molar-refractivity contribution < 1.29 is 28.5 Å². The zero-order valence-electron chi connectivity index (χ0n) is 21.9. The number of benzene rings is 2. The van der Waals surface area contributed by atoms with Crippen molar-refractivity contribution in [2.75, 3.05) is 19.9 Å². The molecule has 4 aliphatic rings. The Bertz CT molecular complexity index is 1150. The van der Waals surface area contributed by atoms with E-state index in [0.29, 0.717) is 37.3 Å². The molecule has 0 unspecified atom stereocenters. The second-order valence-electron chi connectivity index (χ2n) is 11.3. The van der Waals surface area contributed by atoms with Gasteiger partial charge in [0.25, 0.3) is 0 Å². The van der Waals surface area contributed by atoms with Crippen molar-refractivity contribution in [3.05, 3.63) is 65.2 Å². The van der Waals surface area contributed by atoms with Crippen molar-refractivity contribution in [3.63, 3.8) is 0 Å². The van der Waals surface area contributed by atoms with Gasteiger partial charge in [-0.05, 0) is 79.2 Å². The summed E-state index contributed by atoms with van der Waals surface area (Å²) in [6.45, 7) is 1.27. The van der Waals surface area contributed by atoms with E-state index in [1.165, 1.54) is 30.4 Å². The molecule has 1 saturated heterocycles. The van der Waals surface area contributed by atoms with E-state index >= 15 is 0 Å². The number of nitrogens with zero attached hydrogens (tertiary/aromatic N) is 1. The molecule has 2 saturated carbocycles. The fourth-order valence-corrected chi connectivity index (χ4v) is 7.14. The Morgan fingerprint density at radius 2 is 1.79 bits per heavy atom. The molecule has 1 aliphatic heterocycles. The number of amides is 1. The first-order valence-corrected chi connectivity index (χ1v) is 14.2. The third-order valence-electron chi connectivity index (χ3n) is 9.31. The van der Waals surface area contributed by atoms with Crippen LogP contribution < -0.4 is 4.74 Å². The number of rotatable bonds is 7. The van der Waals surface area contributed by atoms with Gasteiger partial charge in [0.2, 0.25) is 6.79 Å². The maximum absolute atomic E-state index is 13.2. The summed E-state index contributed by atoms with van der Waals surface area (Å²) in [6, 6.07) is 16.2. The Kier molecular flexibility index (Phi) is 7.18. The molecule has 2 aromatic rings. The van der Waals surface area contributed by atoms with Gasteiger partial charge in [-0.1, -0.05) is 55.7 Å². The van der Waals surface area contributed by atoms with Crippen LogP contribution in [0, 0.1) is 11.8 Å². The molecule has 7 nitrogen and oxygen atoms in total. The van der Waals surface area contributed by atoms with Crippen LogP contribution in [0.4, 0.5) is 9.59 Å². The lowest BCUT2D eigenvalue weighted by Crippen LogP contribution is -2.62. The van der Waals surface area contributed by atoms with E-state index in [2.05, 4.69) is 12.1 Å². The molecule has 1 heterocycles. The number of piperidine rings is 1. The normalized spacial score (nSPS) is 25.8. The third kappa shape index (κ3) is 4.95. The predicted octanol–water partition coefficient (Wildman–Crippen LogP) is 6.37. The summed E-state index contributed by atoms with van der Waals surface area (Å²) in [6.07, 6.45) is 8.96. The molecule has 2 bridgehead atoms.